The number of carbonyl (C=O) groups is 2. The zero-order chi connectivity index (χ0) is 26.2. The molecule has 4 aromatic rings. The Kier molecular flexibility index (Phi) is 8.53. The lowest BCUT2D eigenvalue weighted by Gasteiger charge is -2.14. The highest BCUT2D eigenvalue weighted by Crippen LogP contribution is 2.26. The third-order valence-electron chi connectivity index (χ3n) is 5.38. The highest BCUT2D eigenvalue weighted by Gasteiger charge is 2.16. The first-order chi connectivity index (χ1) is 17.9. The second kappa shape index (κ2) is 12.2. The Hall–Kier alpha value is -4.17. The Morgan fingerprint density at radius 1 is 0.973 bits per heavy atom. The zero-order valence-corrected chi connectivity index (χ0v) is 21.9. The molecule has 1 atom stereocenters. The summed E-state index contributed by atoms with van der Waals surface area (Å²) in [7, 11) is 0. The van der Waals surface area contributed by atoms with Crippen LogP contribution in [0.3, 0.4) is 0 Å². The number of nitrogens with one attached hydrogen (secondary N) is 1. The van der Waals surface area contributed by atoms with Crippen molar-refractivity contribution in [2.24, 2.45) is 5.10 Å². The predicted octanol–water partition coefficient (Wildman–Crippen LogP) is 6.14. The first kappa shape index (κ1) is 25.9. The van der Waals surface area contributed by atoms with Crippen LogP contribution in [0.4, 0.5) is 0 Å². The quantitative estimate of drug-likeness (QED) is 0.115. The smallest absolute Gasteiger partial charge is 0.343 e. The molecule has 0 aliphatic rings. The highest BCUT2D eigenvalue weighted by molar-refractivity contribution is 9.10. The number of ether oxygens (including phenoxy) is 3. The molecule has 7 nitrogen and oxygen atoms in total. The van der Waals surface area contributed by atoms with Gasteiger partial charge in [0.1, 0.15) is 17.2 Å². The lowest BCUT2D eigenvalue weighted by atomic mass is 10.1. The van der Waals surface area contributed by atoms with E-state index in [4.69, 9.17) is 14.2 Å². The van der Waals surface area contributed by atoms with Crippen LogP contribution in [0.1, 0.15) is 29.8 Å². The number of hydrogen-bond acceptors (Lipinski definition) is 6. The number of carbonyl (C=O) groups excluding carboxylic acids is 2. The lowest BCUT2D eigenvalue weighted by molar-refractivity contribution is -0.127. The molecule has 0 radical (unpaired) electrons. The zero-order valence-electron chi connectivity index (χ0n) is 20.3. The molecule has 1 N–H and O–H groups in total. The molecule has 188 valence electrons. The fourth-order valence-electron chi connectivity index (χ4n) is 3.52. The summed E-state index contributed by atoms with van der Waals surface area (Å²) in [6.45, 7) is 4.08. The number of amides is 1. The SMILES string of the molecule is CCOc1ccc(C(=O)Oc2ccc(Br)cc2/C=N\NC(=O)[C@@H](C)Oc2cccc3ccccc23)cc1. The highest BCUT2D eigenvalue weighted by atomic mass is 79.9. The van der Waals surface area contributed by atoms with E-state index < -0.39 is 18.0 Å². The van der Waals surface area contributed by atoms with Crippen LogP contribution >= 0.6 is 15.9 Å². The molecule has 8 heteroatoms. The summed E-state index contributed by atoms with van der Waals surface area (Å²) in [4.78, 5) is 25.3. The summed E-state index contributed by atoms with van der Waals surface area (Å²) in [5.41, 5.74) is 3.36. The standard InChI is InChI=1S/C29H25BrN2O5/c1-3-35-24-14-11-21(12-15-24)29(34)37-26-16-13-23(30)17-22(26)18-31-32-28(33)19(2)36-27-10-6-8-20-7-4-5-9-25(20)27/h4-19H,3H2,1-2H3,(H,32,33)/b31-18-/t19-/m1/s1. The van der Waals surface area contributed by atoms with E-state index in [1.54, 1.807) is 49.4 Å². The van der Waals surface area contributed by atoms with E-state index in [0.29, 0.717) is 35.0 Å². The number of halogens is 1. The van der Waals surface area contributed by atoms with E-state index in [9.17, 15) is 9.59 Å². The maximum Gasteiger partial charge on any atom is 0.343 e. The third-order valence-corrected chi connectivity index (χ3v) is 5.87. The van der Waals surface area contributed by atoms with Gasteiger partial charge in [0.05, 0.1) is 18.4 Å². The van der Waals surface area contributed by atoms with Crippen molar-refractivity contribution in [3.8, 4) is 17.2 Å². The van der Waals surface area contributed by atoms with Crippen molar-refractivity contribution in [1.29, 1.82) is 0 Å². The van der Waals surface area contributed by atoms with Gasteiger partial charge in [-0.25, -0.2) is 10.2 Å². The summed E-state index contributed by atoms with van der Waals surface area (Å²) >= 11 is 3.41. The Bertz CT molecular complexity index is 1430. The maximum absolute atomic E-state index is 12.7. The third kappa shape index (κ3) is 6.74. The number of rotatable bonds is 9. The van der Waals surface area contributed by atoms with Crippen LogP contribution in [0.5, 0.6) is 17.2 Å². The molecule has 0 aromatic heterocycles. The molecule has 0 bridgehead atoms. The number of nitrogens with zero attached hydrogens (tertiary/aromatic N) is 1. The van der Waals surface area contributed by atoms with Crippen LogP contribution in [0.25, 0.3) is 10.8 Å². The largest absolute Gasteiger partial charge is 0.494 e. The Balaban J connectivity index is 1.41. The van der Waals surface area contributed by atoms with Crippen molar-refractivity contribution >= 4 is 44.8 Å². The fraction of sp³-hybridized carbons (Fsp3) is 0.138. The average Bonchev–Trinajstić information content (AvgIpc) is 2.91. The lowest BCUT2D eigenvalue weighted by Crippen LogP contribution is -2.33. The van der Waals surface area contributed by atoms with E-state index in [2.05, 4.69) is 26.5 Å². The number of hydrazone groups is 1. The molecule has 0 saturated heterocycles. The van der Waals surface area contributed by atoms with Gasteiger partial charge >= 0.3 is 5.97 Å². The van der Waals surface area contributed by atoms with Gasteiger partial charge in [-0.2, -0.15) is 5.10 Å². The summed E-state index contributed by atoms with van der Waals surface area (Å²) in [5.74, 6) is 0.624. The molecular weight excluding hydrogens is 536 g/mol. The number of benzene rings is 4. The molecule has 0 heterocycles. The summed E-state index contributed by atoms with van der Waals surface area (Å²) in [6, 6.07) is 25.3. The normalized spacial score (nSPS) is 11.8. The average molecular weight is 561 g/mol. The van der Waals surface area contributed by atoms with Crippen molar-refractivity contribution < 1.29 is 23.8 Å². The van der Waals surface area contributed by atoms with Crippen LogP contribution in [0.2, 0.25) is 0 Å². The minimum atomic E-state index is -0.789. The van der Waals surface area contributed by atoms with Crippen molar-refractivity contribution in [3.05, 3.63) is 101 Å². The monoisotopic (exact) mass is 560 g/mol. The Labute approximate surface area is 223 Å². The molecule has 0 saturated carbocycles. The molecule has 4 rings (SSSR count). The van der Waals surface area contributed by atoms with E-state index in [0.717, 1.165) is 15.2 Å². The Morgan fingerprint density at radius 3 is 2.51 bits per heavy atom. The van der Waals surface area contributed by atoms with Crippen LogP contribution in [0, 0.1) is 0 Å². The van der Waals surface area contributed by atoms with Crippen molar-refractivity contribution in [2.45, 2.75) is 20.0 Å². The Morgan fingerprint density at radius 2 is 1.73 bits per heavy atom. The van der Waals surface area contributed by atoms with Gasteiger partial charge in [0.2, 0.25) is 0 Å². The van der Waals surface area contributed by atoms with Gasteiger partial charge in [-0.05, 0) is 67.8 Å². The fourth-order valence-corrected chi connectivity index (χ4v) is 3.90. The van der Waals surface area contributed by atoms with Gasteiger partial charge in [0.25, 0.3) is 5.91 Å². The second-order valence-corrected chi connectivity index (χ2v) is 8.92. The van der Waals surface area contributed by atoms with E-state index in [1.165, 1.54) is 6.21 Å². The topological polar surface area (TPSA) is 86.2 Å². The van der Waals surface area contributed by atoms with Crippen LogP contribution in [-0.2, 0) is 4.79 Å². The van der Waals surface area contributed by atoms with Crippen LogP contribution in [-0.4, -0.2) is 30.8 Å². The maximum atomic E-state index is 12.7. The van der Waals surface area contributed by atoms with Crippen LogP contribution < -0.4 is 19.6 Å². The first-order valence-electron chi connectivity index (χ1n) is 11.7. The van der Waals surface area contributed by atoms with Gasteiger partial charge in [0, 0.05) is 15.4 Å². The summed E-state index contributed by atoms with van der Waals surface area (Å²) in [6.07, 6.45) is 0.621. The molecule has 0 unspecified atom stereocenters. The number of hydrogen-bond donors (Lipinski definition) is 1. The molecule has 0 aliphatic heterocycles. The first-order valence-corrected chi connectivity index (χ1v) is 12.5. The van der Waals surface area contributed by atoms with E-state index in [-0.39, 0.29) is 0 Å². The van der Waals surface area contributed by atoms with E-state index in [1.807, 2.05) is 49.4 Å². The predicted molar refractivity (Wildman–Crippen MR) is 146 cm³/mol. The number of fused-ring (bicyclic) bond motifs is 1. The molecule has 1 amide bonds. The van der Waals surface area contributed by atoms with Gasteiger partial charge in [-0.15, -0.1) is 0 Å². The molecule has 4 aromatic carbocycles. The van der Waals surface area contributed by atoms with Gasteiger partial charge in [-0.3, -0.25) is 4.79 Å². The van der Waals surface area contributed by atoms with Gasteiger partial charge < -0.3 is 14.2 Å². The molecule has 37 heavy (non-hydrogen) atoms. The van der Waals surface area contributed by atoms with Crippen molar-refractivity contribution in [3.63, 3.8) is 0 Å². The van der Waals surface area contributed by atoms with Gasteiger partial charge in [0.15, 0.2) is 6.10 Å². The second-order valence-electron chi connectivity index (χ2n) is 8.00. The molecular formula is C29H25BrN2O5. The van der Waals surface area contributed by atoms with Crippen LogP contribution in [0.15, 0.2) is 94.5 Å². The van der Waals surface area contributed by atoms with Gasteiger partial charge in [-0.1, -0.05) is 52.3 Å². The minimum absolute atomic E-state index is 0.292. The van der Waals surface area contributed by atoms with Crippen molar-refractivity contribution in [1.82, 2.24) is 5.43 Å². The minimum Gasteiger partial charge on any atom is -0.494 e. The summed E-state index contributed by atoms with van der Waals surface area (Å²) < 4.78 is 17.6. The number of esters is 1. The molecule has 0 aliphatic carbocycles. The van der Waals surface area contributed by atoms with Crippen molar-refractivity contribution in [2.75, 3.05) is 6.61 Å². The molecule has 0 spiro atoms. The molecule has 0 fully saturated rings. The van der Waals surface area contributed by atoms with E-state index >= 15 is 0 Å². The summed E-state index contributed by atoms with van der Waals surface area (Å²) in [5, 5.41) is 5.99.